The molecule has 9 heteroatoms. The van der Waals surface area contributed by atoms with Gasteiger partial charge in [-0.05, 0) is 48.7 Å². The molecule has 1 saturated heterocycles. The van der Waals surface area contributed by atoms with Crippen LogP contribution in [0.5, 0.6) is 0 Å². The summed E-state index contributed by atoms with van der Waals surface area (Å²) in [5, 5.41) is 3.77. The van der Waals surface area contributed by atoms with E-state index < -0.39 is 0 Å². The molecular weight excluding hydrogens is 464 g/mol. The maximum absolute atomic E-state index is 11.2. The van der Waals surface area contributed by atoms with Gasteiger partial charge in [-0.15, -0.1) is 0 Å². The van der Waals surface area contributed by atoms with Gasteiger partial charge in [0.05, 0.1) is 29.9 Å². The molecule has 1 aliphatic rings. The van der Waals surface area contributed by atoms with Crippen LogP contribution in [0.3, 0.4) is 0 Å². The van der Waals surface area contributed by atoms with Gasteiger partial charge in [-0.1, -0.05) is 30.7 Å². The number of fused-ring (bicyclic) bond motifs is 1. The maximum Gasteiger partial charge on any atom is 0.227 e. The maximum atomic E-state index is 11.2. The molecule has 1 aliphatic heterocycles. The molecule has 1 unspecified atom stereocenters. The highest BCUT2D eigenvalue weighted by Crippen LogP contribution is 2.32. The molecular formula is C26H27ClN6O2. The number of carbonyl (C=O) groups excluding carboxylic acids is 1. The lowest BCUT2D eigenvalue weighted by Crippen LogP contribution is -2.37. The standard InChI is InChI=1S/C26H27ClN6O2/c1-3-9-33-14-20(24-25(33)17(2)12-23(27)31-24)21-7-8-28-26(30-21)29-19-6-4-5-18(13-19)22-15-32(16-34)10-11-35-22/h4-8,12-14,16,22H,3,9-11,15H2,1-2H3,(H,28,29,30). The second-order valence-corrected chi connectivity index (χ2v) is 9.06. The first-order valence-corrected chi connectivity index (χ1v) is 12.1. The van der Waals surface area contributed by atoms with E-state index in [1.807, 2.05) is 36.4 Å². The number of amides is 1. The first kappa shape index (κ1) is 23.3. The molecule has 0 radical (unpaired) electrons. The van der Waals surface area contributed by atoms with Crippen molar-refractivity contribution in [1.82, 2.24) is 24.4 Å². The Bertz CT molecular complexity index is 1370. The summed E-state index contributed by atoms with van der Waals surface area (Å²) in [7, 11) is 0. The molecule has 5 rings (SSSR count). The number of nitrogens with zero attached hydrogens (tertiary/aromatic N) is 5. The second-order valence-electron chi connectivity index (χ2n) is 8.67. The van der Waals surface area contributed by atoms with E-state index in [1.165, 1.54) is 0 Å². The predicted molar refractivity (Wildman–Crippen MR) is 137 cm³/mol. The quantitative estimate of drug-likeness (QED) is 0.285. The van der Waals surface area contributed by atoms with E-state index >= 15 is 0 Å². The highest BCUT2D eigenvalue weighted by molar-refractivity contribution is 6.30. The summed E-state index contributed by atoms with van der Waals surface area (Å²) < 4.78 is 8.10. The number of aromatic nitrogens is 4. The molecule has 1 fully saturated rings. The van der Waals surface area contributed by atoms with Gasteiger partial charge in [0.2, 0.25) is 12.4 Å². The Hall–Kier alpha value is -3.49. The van der Waals surface area contributed by atoms with Gasteiger partial charge < -0.3 is 19.5 Å². The summed E-state index contributed by atoms with van der Waals surface area (Å²) in [6.45, 7) is 6.77. The van der Waals surface area contributed by atoms with E-state index in [0.29, 0.717) is 30.8 Å². The molecule has 35 heavy (non-hydrogen) atoms. The Morgan fingerprint density at radius 1 is 1.26 bits per heavy atom. The van der Waals surface area contributed by atoms with Gasteiger partial charge in [0, 0.05) is 36.7 Å². The van der Waals surface area contributed by atoms with Crippen molar-refractivity contribution < 1.29 is 9.53 Å². The summed E-state index contributed by atoms with van der Waals surface area (Å²) >= 11 is 6.31. The zero-order chi connectivity index (χ0) is 24.4. The molecule has 1 amide bonds. The van der Waals surface area contributed by atoms with Crippen molar-refractivity contribution in [2.75, 3.05) is 25.0 Å². The fraction of sp³-hybridized carbons (Fsp3) is 0.308. The summed E-state index contributed by atoms with van der Waals surface area (Å²) in [6.07, 6.45) is 5.55. The zero-order valence-electron chi connectivity index (χ0n) is 19.7. The SMILES string of the molecule is CCCn1cc(-c2ccnc(Nc3cccc(C4CN(C=O)CCO4)c3)n2)c2nc(Cl)cc(C)c21. The normalized spacial score (nSPS) is 16.0. The van der Waals surface area contributed by atoms with Gasteiger partial charge in [-0.25, -0.2) is 15.0 Å². The number of hydrogen-bond donors (Lipinski definition) is 1. The van der Waals surface area contributed by atoms with Crippen LogP contribution in [0.2, 0.25) is 5.15 Å². The summed E-state index contributed by atoms with van der Waals surface area (Å²) in [5.41, 5.74) is 6.52. The van der Waals surface area contributed by atoms with Crippen LogP contribution in [-0.4, -0.2) is 50.5 Å². The smallest absolute Gasteiger partial charge is 0.227 e. The van der Waals surface area contributed by atoms with Crippen molar-refractivity contribution in [2.24, 2.45) is 0 Å². The van der Waals surface area contributed by atoms with Crippen molar-refractivity contribution in [2.45, 2.75) is 32.9 Å². The third-order valence-electron chi connectivity index (χ3n) is 6.14. The zero-order valence-corrected chi connectivity index (χ0v) is 20.5. The number of morpholine rings is 1. The van der Waals surface area contributed by atoms with Crippen LogP contribution in [0.1, 0.15) is 30.6 Å². The Balaban J connectivity index is 1.45. The summed E-state index contributed by atoms with van der Waals surface area (Å²) in [6, 6.07) is 11.7. The van der Waals surface area contributed by atoms with Crippen LogP contribution in [0.25, 0.3) is 22.3 Å². The van der Waals surface area contributed by atoms with E-state index in [9.17, 15) is 4.79 Å². The van der Waals surface area contributed by atoms with Gasteiger partial charge in [-0.3, -0.25) is 4.79 Å². The van der Waals surface area contributed by atoms with E-state index in [1.54, 1.807) is 11.1 Å². The molecule has 180 valence electrons. The number of ether oxygens (including phenoxy) is 1. The largest absolute Gasteiger partial charge is 0.370 e. The average Bonchev–Trinajstić information content (AvgIpc) is 3.23. The fourth-order valence-electron chi connectivity index (χ4n) is 4.54. The summed E-state index contributed by atoms with van der Waals surface area (Å²) in [4.78, 5) is 26.7. The molecule has 1 N–H and O–H groups in total. The average molecular weight is 491 g/mol. The van der Waals surface area contributed by atoms with Gasteiger partial charge in [0.1, 0.15) is 11.3 Å². The van der Waals surface area contributed by atoms with Crippen LogP contribution in [0.4, 0.5) is 11.6 Å². The topological polar surface area (TPSA) is 85.2 Å². The van der Waals surface area contributed by atoms with E-state index in [2.05, 4.69) is 39.9 Å². The number of carbonyl (C=O) groups is 1. The first-order valence-electron chi connectivity index (χ1n) is 11.7. The van der Waals surface area contributed by atoms with Crippen LogP contribution in [0.15, 0.2) is 48.8 Å². The molecule has 1 aromatic carbocycles. The van der Waals surface area contributed by atoms with Crippen molar-refractivity contribution in [3.8, 4) is 11.3 Å². The van der Waals surface area contributed by atoms with Crippen LogP contribution >= 0.6 is 11.6 Å². The van der Waals surface area contributed by atoms with Crippen LogP contribution < -0.4 is 5.32 Å². The van der Waals surface area contributed by atoms with Crippen LogP contribution in [-0.2, 0) is 16.1 Å². The molecule has 8 nitrogen and oxygen atoms in total. The summed E-state index contributed by atoms with van der Waals surface area (Å²) in [5.74, 6) is 0.480. The highest BCUT2D eigenvalue weighted by atomic mass is 35.5. The Morgan fingerprint density at radius 2 is 2.14 bits per heavy atom. The Kier molecular flexibility index (Phi) is 6.66. The number of anilines is 2. The number of hydrogen-bond acceptors (Lipinski definition) is 6. The molecule has 4 heterocycles. The van der Waals surface area contributed by atoms with E-state index in [0.717, 1.165) is 58.5 Å². The number of aryl methyl sites for hydroxylation is 2. The fourth-order valence-corrected chi connectivity index (χ4v) is 4.79. The van der Waals surface area contributed by atoms with E-state index in [-0.39, 0.29) is 6.10 Å². The lowest BCUT2D eigenvalue weighted by molar-refractivity contribution is -0.125. The molecule has 4 aromatic rings. The number of benzene rings is 1. The lowest BCUT2D eigenvalue weighted by atomic mass is 10.1. The Labute approximate surface area is 208 Å². The minimum Gasteiger partial charge on any atom is -0.370 e. The minimum atomic E-state index is -0.160. The molecule has 0 saturated carbocycles. The van der Waals surface area contributed by atoms with Gasteiger partial charge in [0.25, 0.3) is 0 Å². The van der Waals surface area contributed by atoms with Crippen molar-refractivity contribution >= 4 is 40.7 Å². The van der Waals surface area contributed by atoms with Gasteiger partial charge in [-0.2, -0.15) is 0 Å². The molecule has 1 atom stereocenters. The van der Waals surface area contributed by atoms with Crippen molar-refractivity contribution in [3.05, 3.63) is 65.1 Å². The lowest BCUT2D eigenvalue weighted by Gasteiger charge is -2.30. The predicted octanol–water partition coefficient (Wildman–Crippen LogP) is 5.14. The third kappa shape index (κ3) is 4.85. The molecule has 0 bridgehead atoms. The number of rotatable bonds is 7. The molecule has 0 aliphatic carbocycles. The molecule has 3 aromatic heterocycles. The molecule has 0 spiro atoms. The van der Waals surface area contributed by atoms with Crippen molar-refractivity contribution in [1.29, 1.82) is 0 Å². The second kappa shape index (κ2) is 10.0. The monoisotopic (exact) mass is 490 g/mol. The number of halogens is 1. The van der Waals surface area contributed by atoms with E-state index in [4.69, 9.17) is 21.3 Å². The highest BCUT2D eigenvalue weighted by Gasteiger charge is 2.21. The van der Waals surface area contributed by atoms with Gasteiger partial charge in [0.15, 0.2) is 0 Å². The first-order chi connectivity index (χ1) is 17.1. The van der Waals surface area contributed by atoms with Crippen molar-refractivity contribution in [3.63, 3.8) is 0 Å². The van der Waals surface area contributed by atoms with Gasteiger partial charge >= 0.3 is 0 Å². The Morgan fingerprint density at radius 3 is 2.97 bits per heavy atom. The minimum absolute atomic E-state index is 0.160. The number of nitrogens with one attached hydrogen (secondary N) is 1. The number of pyridine rings is 1. The third-order valence-corrected chi connectivity index (χ3v) is 6.33. The van der Waals surface area contributed by atoms with Crippen LogP contribution in [0, 0.1) is 6.92 Å².